The molecule has 2 heterocycles. The van der Waals surface area contributed by atoms with Gasteiger partial charge in [-0.2, -0.15) is 0 Å². The number of hydrogen-bond acceptors (Lipinski definition) is 5. The van der Waals surface area contributed by atoms with Crippen molar-refractivity contribution in [3.8, 4) is 0 Å². The molecule has 0 aromatic heterocycles. The number of carbonyl (C=O) groups is 4. The van der Waals surface area contributed by atoms with Crippen molar-refractivity contribution in [2.75, 3.05) is 4.90 Å². The molecule has 9 heteroatoms. The Labute approximate surface area is 202 Å². The van der Waals surface area contributed by atoms with Crippen LogP contribution in [0.5, 0.6) is 0 Å². The minimum absolute atomic E-state index is 0.0830. The minimum atomic E-state index is -2.28. The Morgan fingerprint density at radius 1 is 0.829 bits per heavy atom. The summed E-state index contributed by atoms with van der Waals surface area (Å²) in [5.41, 5.74) is -2.16. The molecule has 0 bridgehead atoms. The number of fused-ring (bicyclic) bond motifs is 3. The SMILES string of the molecule is O=C1[C@H]2[C@@H](c3ccc(Cl)cc3)OC3(C(=O)c4ccccc4C3=O)[C@H]2C(=O)N1c1ccc(F)cc1F. The lowest BCUT2D eigenvalue weighted by molar-refractivity contribution is -0.127. The van der Waals surface area contributed by atoms with Crippen LogP contribution >= 0.6 is 11.6 Å². The van der Waals surface area contributed by atoms with Crippen LogP contribution in [0.4, 0.5) is 14.5 Å². The molecule has 2 aliphatic heterocycles. The van der Waals surface area contributed by atoms with Gasteiger partial charge in [-0.3, -0.25) is 19.2 Å². The van der Waals surface area contributed by atoms with Crippen LogP contribution in [0.1, 0.15) is 32.4 Å². The second-order valence-electron chi connectivity index (χ2n) is 8.64. The third-order valence-corrected chi connectivity index (χ3v) is 7.12. The zero-order chi connectivity index (χ0) is 24.6. The number of nitrogens with zero attached hydrogens (tertiary/aromatic N) is 1. The highest BCUT2D eigenvalue weighted by Gasteiger charge is 2.74. The highest BCUT2D eigenvalue weighted by molar-refractivity contribution is 6.37. The number of imide groups is 1. The summed E-state index contributed by atoms with van der Waals surface area (Å²) in [4.78, 5) is 55.2. The Balaban J connectivity index is 1.55. The summed E-state index contributed by atoms with van der Waals surface area (Å²) < 4.78 is 34.3. The highest BCUT2D eigenvalue weighted by Crippen LogP contribution is 2.57. The first-order valence-electron chi connectivity index (χ1n) is 10.7. The van der Waals surface area contributed by atoms with Crippen molar-refractivity contribution >= 4 is 40.7 Å². The first-order chi connectivity index (χ1) is 16.8. The van der Waals surface area contributed by atoms with Gasteiger partial charge in [0.15, 0.2) is 0 Å². The van der Waals surface area contributed by atoms with Gasteiger partial charge in [-0.1, -0.05) is 48.0 Å². The van der Waals surface area contributed by atoms with Crippen LogP contribution in [0.25, 0.3) is 0 Å². The van der Waals surface area contributed by atoms with Crippen LogP contribution in [0.2, 0.25) is 5.02 Å². The standard InChI is InChI=1S/C26H14ClF2NO5/c27-13-7-5-12(6-8-13)21-19-20(25(34)30(24(19)33)18-10-9-14(28)11-17(18)29)26(35-21)22(31)15-3-1-2-4-16(15)23(26)32/h1-11,19-21H/t19-,20-,21-/m1/s1. The lowest BCUT2D eigenvalue weighted by atomic mass is 9.77. The molecule has 2 saturated heterocycles. The largest absolute Gasteiger partial charge is 0.349 e. The van der Waals surface area contributed by atoms with Gasteiger partial charge in [0.25, 0.3) is 0 Å². The second kappa shape index (κ2) is 7.37. The molecule has 1 aliphatic carbocycles. The number of ether oxygens (including phenoxy) is 1. The number of benzene rings is 3. The van der Waals surface area contributed by atoms with Crippen molar-refractivity contribution in [2.24, 2.45) is 11.8 Å². The van der Waals surface area contributed by atoms with E-state index >= 15 is 0 Å². The van der Waals surface area contributed by atoms with E-state index in [4.69, 9.17) is 16.3 Å². The third-order valence-electron chi connectivity index (χ3n) is 6.87. The third kappa shape index (κ3) is 2.78. The van der Waals surface area contributed by atoms with E-state index in [9.17, 15) is 28.0 Å². The number of carbonyl (C=O) groups excluding carboxylic acids is 4. The number of rotatable bonds is 2. The molecule has 6 rings (SSSR count). The van der Waals surface area contributed by atoms with Crippen LogP contribution in [0.3, 0.4) is 0 Å². The Kier molecular flexibility index (Phi) is 4.58. The van der Waals surface area contributed by atoms with Gasteiger partial charge in [-0.05, 0) is 29.8 Å². The maximum atomic E-state index is 14.7. The summed E-state index contributed by atoms with van der Waals surface area (Å²) in [5.74, 6) is -8.12. The van der Waals surface area contributed by atoms with E-state index < -0.39 is 64.2 Å². The number of Topliss-reactive ketones (excluding diaryl/α,β-unsaturated/α-hetero) is 2. The topological polar surface area (TPSA) is 80.8 Å². The highest BCUT2D eigenvalue weighted by atomic mass is 35.5. The summed E-state index contributed by atoms with van der Waals surface area (Å²) in [6, 6.07) is 14.7. The summed E-state index contributed by atoms with van der Waals surface area (Å²) in [6.07, 6.45) is -1.16. The normalized spacial score (nSPS) is 24.4. The van der Waals surface area contributed by atoms with E-state index in [0.717, 1.165) is 12.1 Å². The predicted octanol–water partition coefficient (Wildman–Crippen LogP) is 4.31. The fraction of sp³-hybridized carbons (Fsp3) is 0.154. The fourth-order valence-electron chi connectivity index (χ4n) is 5.37. The Hall–Kier alpha value is -3.75. The molecule has 0 saturated carbocycles. The predicted molar refractivity (Wildman–Crippen MR) is 119 cm³/mol. The molecule has 6 nitrogen and oxygen atoms in total. The van der Waals surface area contributed by atoms with Crippen molar-refractivity contribution in [1.82, 2.24) is 0 Å². The van der Waals surface area contributed by atoms with Crippen molar-refractivity contribution in [3.63, 3.8) is 0 Å². The average molecular weight is 494 g/mol. The van der Waals surface area contributed by atoms with Crippen molar-refractivity contribution in [2.45, 2.75) is 11.7 Å². The number of anilines is 1. The molecule has 2 amide bonds. The first kappa shape index (κ1) is 21.8. The molecule has 3 aromatic carbocycles. The van der Waals surface area contributed by atoms with E-state index in [0.29, 0.717) is 21.6 Å². The molecule has 1 spiro atoms. The van der Waals surface area contributed by atoms with Crippen LogP contribution in [0.15, 0.2) is 66.7 Å². The lowest BCUT2D eigenvalue weighted by Gasteiger charge is -2.27. The molecule has 0 radical (unpaired) electrons. The van der Waals surface area contributed by atoms with Gasteiger partial charge in [0.05, 0.1) is 23.6 Å². The molecule has 0 unspecified atom stereocenters. The van der Waals surface area contributed by atoms with Gasteiger partial charge >= 0.3 is 0 Å². The maximum absolute atomic E-state index is 14.7. The molecule has 2 fully saturated rings. The van der Waals surface area contributed by atoms with Gasteiger partial charge < -0.3 is 4.74 Å². The van der Waals surface area contributed by atoms with Crippen molar-refractivity contribution < 1.29 is 32.7 Å². The maximum Gasteiger partial charge on any atom is 0.241 e. The van der Waals surface area contributed by atoms with Gasteiger partial charge in [-0.15, -0.1) is 0 Å². The number of halogens is 3. The molecular formula is C26H14ClF2NO5. The number of amides is 2. The zero-order valence-electron chi connectivity index (χ0n) is 17.7. The van der Waals surface area contributed by atoms with Crippen molar-refractivity contribution in [3.05, 3.63) is 100 Å². The minimum Gasteiger partial charge on any atom is -0.349 e. The van der Waals surface area contributed by atoms with Crippen LogP contribution in [-0.2, 0) is 14.3 Å². The summed E-state index contributed by atoms with van der Waals surface area (Å²) in [5, 5.41) is 0.405. The van der Waals surface area contributed by atoms with E-state index in [-0.39, 0.29) is 11.1 Å². The summed E-state index contributed by atoms with van der Waals surface area (Å²) in [7, 11) is 0. The van der Waals surface area contributed by atoms with Gasteiger partial charge in [0, 0.05) is 22.2 Å². The van der Waals surface area contributed by atoms with Crippen LogP contribution in [0, 0.1) is 23.5 Å². The van der Waals surface area contributed by atoms with E-state index in [1.165, 1.54) is 12.1 Å². The smallest absolute Gasteiger partial charge is 0.241 e. The Bertz CT molecular complexity index is 1440. The quantitative estimate of drug-likeness (QED) is 0.392. The summed E-state index contributed by atoms with van der Waals surface area (Å²) in [6.45, 7) is 0. The van der Waals surface area contributed by atoms with E-state index in [2.05, 4.69) is 0 Å². The Morgan fingerprint density at radius 3 is 2.06 bits per heavy atom. The molecule has 0 N–H and O–H groups in total. The second-order valence-corrected chi connectivity index (χ2v) is 9.08. The molecule has 3 aromatic rings. The summed E-state index contributed by atoms with van der Waals surface area (Å²) >= 11 is 5.99. The van der Waals surface area contributed by atoms with E-state index in [1.807, 2.05) is 0 Å². The fourth-order valence-corrected chi connectivity index (χ4v) is 5.50. The van der Waals surface area contributed by atoms with Gasteiger partial charge in [-0.25, -0.2) is 13.7 Å². The molecule has 35 heavy (non-hydrogen) atoms. The monoisotopic (exact) mass is 493 g/mol. The van der Waals surface area contributed by atoms with Gasteiger partial charge in [0.2, 0.25) is 29.0 Å². The Morgan fingerprint density at radius 2 is 1.46 bits per heavy atom. The molecule has 174 valence electrons. The molecule has 3 atom stereocenters. The van der Waals surface area contributed by atoms with Crippen LogP contribution < -0.4 is 4.90 Å². The molecule has 3 aliphatic rings. The van der Waals surface area contributed by atoms with Crippen molar-refractivity contribution in [1.29, 1.82) is 0 Å². The van der Waals surface area contributed by atoms with Crippen LogP contribution in [-0.4, -0.2) is 29.0 Å². The number of ketones is 2. The number of hydrogen-bond donors (Lipinski definition) is 0. The van der Waals surface area contributed by atoms with Gasteiger partial charge in [0.1, 0.15) is 11.6 Å². The molecular weight excluding hydrogens is 480 g/mol. The average Bonchev–Trinajstić information content (AvgIpc) is 3.40. The lowest BCUT2D eigenvalue weighted by Crippen LogP contribution is -2.51. The zero-order valence-corrected chi connectivity index (χ0v) is 18.5. The van der Waals surface area contributed by atoms with E-state index in [1.54, 1.807) is 36.4 Å². The first-order valence-corrected chi connectivity index (χ1v) is 11.1.